The molecule has 1 amide bonds. The highest BCUT2D eigenvalue weighted by atomic mass is 16.5. The summed E-state index contributed by atoms with van der Waals surface area (Å²) in [5.41, 5.74) is 2.71. The second kappa shape index (κ2) is 11.6. The molecule has 0 heterocycles. The zero-order valence-electron chi connectivity index (χ0n) is 19.5. The number of hydrogen-bond acceptors (Lipinski definition) is 7. The van der Waals surface area contributed by atoms with E-state index in [4.69, 9.17) is 23.7 Å². The van der Waals surface area contributed by atoms with Gasteiger partial charge in [0.1, 0.15) is 18.1 Å². The van der Waals surface area contributed by atoms with Gasteiger partial charge in [-0.15, -0.1) is 0 Å². The predicted molar refractivity (Wildman–Crippen MR) is 127 cm³/mol. The maximum Gasteiger partial charge on any atom is 0.338 e. The molecule has 0 aromatic heterocycles. The zero-order valence-corrected chi connectivity index (χ0v) is 19.5. The van der Waals surface area contributed by atoms with Crippen molar-refractivity contribution in [2.75, 3.05) is 33.3 Å². The summed E-state index contributed by atoms with van der Waals surface area (Å²) < 4.78 is 26.8. The number of amides is 1. The fourth-order valence-corrected chi connectivity index (χ4v) is 3.18. The van der Waals surface area contributed by atoms with E-state index in [2.05, 4.69) is 5.32 Å². The van der Waals surface area contributed by atoms with Crippen LogP contribution in [0.2, 0.25) is 0 Å². The van der Waals surface area contributed by atoms with Crippen molar-refractivity contribution in [2.45, 2.75) is 13.5 Å². The molecule has 178 valence electrons. The number of nitrogens with one attached hydrogen (secondary N) is 1. The van der Waals surface area contributed by atoms with Crippen LogP contribution in [-0.2, 0) is 16.1 Å². The number of ether oxygens (including phenoxy) is 5. The Morgan fingerprint density at radius 2 is 1.50 bits per heavy atom. The topological polar surface area (TPSA) is 92.3 Å². The summed E-state index contributed by atoms with van der Waals surface area (Å²) in [5, 5.41) is 2.73. The predicted octanol–water partition coefficient (Wildman–Crippen LogP) is 4.40. The van der Waals surface area contributed by atoms with E-state index < -0.39 is 5.97 Å². The molecule has 3 aromatic carbocycles. The normalized spacial score (nSPS) is 10.2. The summed E-state index contributed by atoms with van der Waals surface area (Å²) in [6.07, 6.45) is 0. The van der Waals surface area contributed by atoms with Crippen LogP contribution in [-0.4, -0.2) is 39.8 Å². The third-order valence-corrected chi connectivity index (χ3v) is 4.93. The van der Waals surface area contributed by atoms with Crippen LogP contribution < -0.4 is 24.3 Å². The smallest absolute Gasteiger partial charge is 0.338 e. The van der Waals surface area contributed by atoms with Gasteiger partial charge in [0.2, 0.25) is 0 Å². The zero-order chi connectivity index (χ0) is 24.5. The average Bonchev–Trinajstić information content (AvgIpc) is 2.86. The molecule has 0 saturated carbocycles. The molecule has 0 saturated heterocycles. The van der Waals surface area contributed by atoms with E-state index in [1.165, 1.54) is 13.2 Å². The van der Waals surface area contributed by atoms with E-state index in [-0.39, 0.29) is 19.1 Å². The van der Waals surface area contributed by atoms with E-state index in [0.717, 1.165) is 11.1 Å². The van der Waals surface area contributed by atoms with Gasteiger partial charge >= 0.3 is 5.97 Å². The summed E-state index contributed by atoms with van der Waals surface area (Å²) in [6, 6.07) is 17.2. The van der Waals surface area contributed by atoms with Gasteiger partial charge in [-0.1, -0.05) is 11.6 Å². The Kier molecular flexibility index (Phi) is 8.34. The molecule has 0 spiro atoms. The van der Waals surface area contributed by atoms with Gasteiger partial charge in [-0.3, -0.25) is 4.79 Å². The number of hydrogen-bond donors (Lipinski definition) is 1. The Labute approximate surface area is 198 Å². The second-order valence-corrected chi connectivity index (χ2v) is 7.32. The standard InChI is InChI=1S/C26H27NO7/c1-17-5-11-22(31-3)19(13-17)15-34-26(29)18-6-12-23(24(14-18)32-4)33-16-25(28)27-20-7-9-21(30-2)10-8-20/h5-14H,15-16H2,1-4H3,(H,27,28). The van der Waals surface area contributed by atoms with Crippen LogP contribution in [0, 0.1) is 6.92 Å². The number of rotatable bonds is 10. The SMILES string of the molecule is COc1ccc(NC(=O)COc2ccc(C(=O)OCc3cc(C)ccc3OC)cc2OC)cc1. The first-order valence-corrected chi connectivity index (χ1v) is 10.5. The molecule has 0 fully saturated rings. The lowest BCUT2D eigenvalue weighted by Crippen LogP contribution is -2.20. The molecule has 8 nitrogen and oxygen atoms in total. The van der Waals surface area contributed by atoms with E-state index in [0.29, 0.717) is 34.2 Å². The summed E-state index contributed by atoms with van der Waals surface area (Å²) in [5.74, 6) is 1.10. The number of aryl methyl sites for hydroxylation is 1. The third kappa shape index (κ3) is 6.41. The third-order valence-electron chi connectivity index (χ3n) is 4.93. The van der Waals surface area contributed by atoms with Gasteiger partial charge in [-0.05, 0) is 61.5 Å². The van der Waals surface area contributed by atoms with Crippen molar-refractivity contribution in [3.8, 4) is 23.0 Å². The maximum atomic E-state index is 12.6. The fourth-order valence-electron chi connectivity index (χ4n) is 3.18. The molecule has 8 heteroatoms. The van der Waals surface area contributed by atoms with Gasteiger partial charge < -0.3 is 29.0 Å². The lowest BCUT2D eigenvalue weighted by molar-refractivity contribution is -0.118. The van der Waals surface area contributed by atoms with Crippen molar-refractivity contribution in [3.63, 3.8) is 0 Å². The van der Waals surface area contributed by atoms with Crippen LogP contribution >= 0.6 is 0 Å². The van der Waals surface area contributed by atoms with E-state index in [1.54, 1.807) is 50.6 Å². The molecule has 0 aliphatic heterocycles. The van der Waals surface area contributed by atoms with Crippen LogP contribution in [0.3, 0.4) is 0 Å². The number of anilines is 1. The summed E-state index contributed by atoms with van der Waals surface area (Å²) in [7, 11) is 4.59. The summed E-state index contributed by atoms with van der Waals surface area (Å²) in [4.78, 5) is 24.8. The molecule has 0 aliphatic rings. The summed E-state index contributed by atoms with van der Waals surface area (Å²) >= 11 is 0. The Morgan fingerprint density at radius 1 is 0.794 bits per heavy atom. The molecule has 0 aliphatic carbocycles. The van der Waals surface area contributed by atoms with Gasteiger partial charge in [0.25, 0.3) is 5.91 Å². The van der Waals surface area contributed by atoms with E-state index in [1.807, 2.05) is 25.1 Å². The minimum absolute atomic E-state index is 0.0653. The highest BCUT2D eigenvalue weighted by Gasteiger charge is 2.15. The van der Waals surface area contributed by atoms with Gasteiger partial charge in [-0.2, -0.15) is 0 Å². The summed E-state index contributed by atoms with van der Waals surface area (Å²) in [6.45, 7) is 1.78. The maximum absolute atomic E-state index is 12.6. The van der Waals surface area contributed by atoms with Crippen LogP contribution in [0.5, 0.6) is 23.0 Å². The highest BCUT2D eigenvalue weighted by Crippen LogP contribution is 2.29. The number of methoxy groups -OCH3 is 3. The Bertz CT molecular complexity index is 1140. The van der Waals surface area contributed by atoms with Crippen molar-refractivity contribution in [1.82, 2.24) is 0 Å². The average molecular weight is 466 g/mol. The monoisotopic (exact) mass is 465 g/mol. The molecule has 3 aromatic rings. The minimum Gasteiger partial charge on any atom is -0.497 e. The van der Waals surface area contributed by atoms with Crippen LogP contribution in [0.15, 0.2) is 60.7 Å². The molecule has 0 atom stereocenters. The second-order valence-electron chi connectivity index (χ2n) is 7.32. The largest absolute Gasteiger partial charge is 0.497 e. The lowest BCUT2D eigenvalue weighted by atomic mass is 10.1. The van der Waals surface area contributed by atoms with Crippen LogP contribution in [0.1, 0.15) is 21.5 Å². The van der Waals surface area contributed by atoms with Crippen molar-refractivity contribution >= 4 is 17.6 Å². The highest BCUT2D eigenvalue weighted by molar-refractivity contribution is 5.92. The molecular formula is C26H27NO7. The number of carbonyl (C=O) groups excluding carboxylic acids is 2. The van der Waals surface area contributed by atoms with Gasteiger partial charge in [0.05, 0.1) is 26.9 Å². The first-order chi connectivity index (χ1) is 16.4. The molecular weight excluding hydrogens is 438 g/mol. The molecule has 1 N–H and O–H groups in total. The molecule has 3 rings (SSSR count). The van der Waals surface area contributed by atoms with Gasteiger partial charge in [0, 0.05) is 11.3 Å². The molecule has 0 radical (unpaired) electrons. The van der Waals surface area contributed by atoms with Crippen molar-refractivity contribution in [2.24, 2.45) is 0 Å². The van der Waals surface area contributed by atoms with Crippen LogP contribution in [0.4, 0.5) is 5.69 Å². The first-order valence-electron chi connectivity index (χ1n) is 10.5. The van der Waals surface area contributed by atoms with E-state index >= 15 is 0 Å². The quantitative estimate of drug-likeness (QED) is 0.444. The number of carbonyl (C=O) groups is 2. The van der Waals surface area contributed by atoms with Crippen molar-refractivity contribution in [3.05, 3.63) is 77.4 Å². The Balaban J connectivity index is 1.59. The van der Waals surface area contributed by atoms with Crippen molar-refractivity contribution in [1.29, 1.82) is 0 Å². The van der Waals surface area contributed by atoms with Crippen LogP contribution in [0.25, 0.3) is 0 Å². The van der Waals surface area contributed by atoms with Crippen molar-refractivity contribution < 1.29 is 33.3 Å². The molecule has 0 unspecified atom stereocenters. The Morgan fingerprint density at radius 3 is 2.18 bits per heavy atom. The first kappa shape index (κ1) is 24.4. The molecule has 0 bridgehead atoms. The van der Waals surface area contributed by atoms with E-state index in [9.17, 15) is 9.59 Å². The minimum atomic E-state index is -0.523. The fraction of sp³-hybridized carbons (Fsp3) is 0.231. The Hall–Kier alpha value is -4.20. The number of esters is 1. The van der Waals surface area contributed by atoms with Gasteiger partial charge in [0.15, 0.2) is 18.1 Å². The lowest BCUT2D eigenvalue weighted by Gasteiger charge is -2.13. The molecule has 34 heavy (non-hydrogen) atoms. The van der Waals surface area contributed by atoms with Gasteiger partial charge in [-0.25, -0.2) is 4.79 Å². The number of benzene rings is 3.